The number of methoxy groups -OCH3 is 1. The Morgan fingerprint density at radius 1 is 1.38 bits per heavy atom. The van der Waals surface area contributed by atoms with E-state index in [9.17, 15) is 9.90 Å². The van der Waals surface area contributed by atoms with Gasteiger partial charge >= 0.3 is 5.97 Å². The van der Waals surface area contributed by atoms with E-state index < -0.39 is 12.1 Å². The average molecular weight is 285 g/mol. The second-order valence-electron chi connectivity index (χ2n) is 4.87. The molecule has 1 aliphatic carbocycles. The van der Waals surface area contributed by atoms with Crippen molar-refractivity contribution in [1.82, 2.24) is 9.97 Å². The number of anilines is 1. The minimum Gasteiger partial charge on any atom is -0.464 e. The van der Waals surface area contributed by atoms with E-state index in [4.69, 9.17) is 0 Å². The molecule has 108 valence electrons. The predicted octanol–water partition coefficient (Wildman–Crippen LogP) is 1.33. The highest BCUT2D eigenvalue weighted by Crippen LogP contribution is 2.33. The van der Waals surface area contributed by atoms with E-state index in [0.29, 0.717) is 12.2 Å². The minimum atomic E-state index is -0.543. The summed E-state index contributed by atoms with van der Waals surface area (Å²) in [5.74, 6) is -0.114. The molecule has 2 aromatic rings. The largest absolute Gasteiger partial charge is 0.464 e. The highest BCUT2D eigenvalue weighted by molar-refractivity contribution is 5.87. The van der Waals surface area contributed by atoms with Crippen LogP contribution in [0.3, 0.4) is 0 Å². The van der Waals surface area contributed by atoms with Crippen LogP contribution in [0.25, 0.3) is 0 Å². The van der Waals surface area contributed by atoms with Crippen LogP contribution in [0, 0.1) is 0 Å². The van der Waals surface area contributed by atoms with Crippen molar-refractivity contribution in [2.24, 2.45) is 0 Å². The summed E-state index contributed by atoms with van der Waals surface area (Å²) in [4.78, 5) is 19.6. The van der Waals surface area contributed by atoms with Gasteiger partial charge in [0.05, 0.1) is 31.6 Å². The summed E-state index contributed by atoms with van der Waals surface area (Å²) in [6, 6.07) is 7.59. The van der Waals surface area contributed by atoms with E-state index >= 15 is 0 Å². The van der Waals surface area contributed by atoms with Crippen LogP contribution < -0.4 is 5.32 Å². The molecule has 1 aromatic heterocycles. The van der Waals surface area contributed by atoms with Crippen molar-refractivity contribution in [2.75, 3.05) is 12.4 Å². The van der Waals surface area contributed by atoms with Crippen molar-refractivity contribution in [1.29, 1.82) is 0 Å². The number of aromatic nitrogens is 2. The number of nitrogens with one attached hydrogen (secondary N) is 1. The van der Waals surface area contributed by atoms with Gasteiger partial charge < -0.3 is 15.2 Å². The monoisotopic (exact) mass is 285 g/mol. The van der Waals surface area contributed by atoms with Crippen molar-refractivity contribution in [3.63, 3.8) is 0 Å². The van der Waals surface area contributed by atoms with E-state index in [0.717, 1.165) is 11.1 Å². The van der Waals surface area contributed by atoms with Crippen molar-refractivity contribution in [3.8, 4) is 0 Å². The molecule has 0 saturated carbocycles. The standard InChI is InChI=1S/C15H15N3O3/c1-21-15(20)11-7-16-8-13(17-11)18-14-10-5-3-2-4-9(10)6-12(14)19/h2-5,7-8,12,14,19H,6H2,1H3,(H,17,18). The van der Waals surface area contributed by atoms with Crippen molar-refractivity contribution in [2.45, 2.75) is 18.6 Å². The molecule has 3 rings (SSSR count). The topological polar surface area (TPSA) is 84.3 Å². The van der Waals surface area contributed by atoms with Crippen LogP contribution in [0.15, 0.2) is 36.7 Å². The lowest BCUT2D eigenvalue weighted by Crippen LogP contribution is -2.22. The smallest absolute Gasteiger partial charge is 0.358 e. The molecule has 0 radical (unpaired) electrons. The molecule has 1 heterocycles. The second kappa shape index (κ2) is 5.49. The molecule has 0 aliphatic heterocycles. The Balaban J connectivity index is 1.86. The molecule has 0 saturated heterocycles. The Bertz CT molecular complexity index is 675. The zero-order valence-electron chi connectivity index (χ0n) is 11.5. The third-order valence-corrected chi connectivity index (χ3v) is 3.54. The molecule has 2 N–H and O–H groups in total. The molecule has 2 atom stereocenters. The van der Waals surface area contributed by atoms with Gasteiger partial charge in [-0.1, -0.05) is 24.3 Å². The van der Waals surface area contributed by atoms with Gasteiger partial charge in [0.25, 0.3) is 0 Å². The van der Waals surface area contributed by atoms with Crippen LogP contribution in [0.1, 0.15) is 27.7 Å². The lowest BCUT2D eigenvalue weighted by atomic mass is 10.1. The second-order valence-corrected chi connectivity index (χ2v) is 4.87. The molecule has 6 heteroatoms. The van der Waals surface area contributed by atoms with Crippen molar-refractivity contribution >= 4 is 11.8 Å². The third-order valence-electron chi connectivity index (χ3n) is 3.54. The summed E-state index contributed by atoms with van der Waals surface area (Å²) in [5, 5.41) is 13.3. The number of aliphatic hydroxyl groups is 1. The molecule has 0 spiro atoms. The van der Waals surface area contributed by atoms with E-state index in [-0.39, 0.29) is 11.7 Å². The Kier molecular flexibility index (Phi) is 3.53. The van der Waals surface area contributed by atoms with E-state index in [2.05, 4.69) is 20.0 Å². The minimum absolute atomic E-state index is 0.128. The quantitative estimate of drug-likeness (QED) is 0.828. The number of carbonyl (C=O) groups excluding carboxylic acids is 1. The molecular weight excluding hydrogens is 270 g/mol. The summed E-state index contributed by atoms with van der Waals surface area (Å²) in [6.07, 6.45) is 2.92. The van der Waals surface area contributed by atoms with Crippen LogP contribution in [-0.2, 0) is 11.2 Å². The molecule has 1 aromatic carbocycles. The third kappa shape index (κ3) is 2.57. The van der Waals surface area contributed by atoms with E-state index in [1.807, 2.05) is 24.3 Å². The Morgan fingerprint density at radius 2 is 2.19 bits per heavy atom. The number of rotatable bonds is 3. The van der Waals surface area contributed by atoms with Crippen LogP contribution in [0.5, 0.6) is 0 Å². The molecule has 0 amide bonds. The molecule has 0 bridgehead atoms. The van der Waals surface area contributed by atoms with Gasteiger partial charge in [-0.3, -0.25) is 4.98 Å². The maximum absolute atomic E-state index is 11.5. The fraction of sp³-hybridized carbons (Fsp3) is 0.267. The Morgan fingerprint density at radius 3 is 3.00 bits per heavy atom. The molecule has 21 heavy (non-hydrogen) atoms. The van der Waals surface area contributed by atoms with Crippen LogP contribution in [0.4, 0.5) is 5.82 Å². The van der Waals surface area contributed by atoms with Gasteiger partial charge in [0, 0.05) is 6.42 Å². The first-order chi connectivity index (χ1) is 10.2. The first kappa shape index (κ1) is 13.5. The fourth-order valence-corrected chi connectivity index (χ4v) is 2.55. The fourth-order valence-electron chi connectivity index (χ4n) is 2.55. The lowest BCUT2D eigenvalue weighted by molar-refractivity contribution is 0.0593. The number of aliphatic hydroxyl groups excluding tert-OH is 1. The van der Waals surface area contributed by atoms with Crippen molar-refractivity contribution in [3.05, 3.63) is 53.5 Å². The number of ether oxygens (including phenoxy) is 1. The maximum atomic E-state index is 11.5. The summed E-state index contributed by atoms with van der Waals surface area (Å²) >= 11 is 0. The number of esters is 1. The summed E-state index contributed by atoms with van der Waals surface area (Å²) in [7, 11) is 1.29. The number of hydrogen-bond donors (Lipinski definition) is 2. The maximum Gasteiger partial charge on any atom is 0.358 e. The van der Waals surface area contributed by atoms with Gasteiger partial charge in [0.1, 0.15) is 5.82 Å². The number of hydrogen-bond acceptors (Lipinski definition) is 6. The number of carbonyl (C=O) groups is 1. The lowest BCUT2D eigenvalue weighted by Gasteiger charge is -2.18. The average Bonchev–Trinajstić information content (AvgIpc) is 2.83. The van der Waals surface area contributed by atoms with Crippen LogP contribution in [0.2, 0.25) is 0 Å². The van der Waals surface area contributed by atoms with E-state index in [1.165, 1.54) is 19.5 Å². The number of fused-ring (bicyclic) bond motifs is 1. The van der Waals surface area contributed by atoms with Crippen LogP contribution in [-0.4, -0.2) is 34.3 Å². The summed E-state index contributed by atoms with van der Waals surface area (Å²) in [5.41, 5.74) is 2.28. The molecule has 0 fully saturated rings. The van der Waals surface area contributed by atoms with Gasteiger partial charge in [0.15, 0.2) is 5.69 Å². The molecular formula is C15H15N3O3. The van der Waals surface area contributed by atoms with Crippen LogP contribution >= 0.6 is 0 Å². The zero-order chi connectivity index (χ0) is 14.8. The highest BCUT2D eigenvalue weighted by Gasteiger charge is 2.31. The predicted molar refractivity (Wildman–Crippen MR) is 75.9 cm³/mol. The Hall–Kier alpha value is -2.47. The van der Waals surface area contributed by atoms with E-state index in [1.54, 1.807) is 0 Å². The first-order valence-corrected chi connectivity index (χ1v) is 6.62. The van der Waals surface area contributed by atoms with Gasteiger partial charge in [0.2, 0.25) is 0 Å². The number of benzene rings is 1. The van der Waals surface area contributed by atoms with Gasteiger partial charge in [-0.15, -0.1) is 0 Å². The normalized spacial score (nSPS) is 19.9. The highest BCUT2D eigenvalue weighted by atomic mass is 16.5. The summed E-state index contributed by atoms with van der Waals surface area (Å²) < 4.78 is 4.62. The molecule has 2 unspecified atom stereocenters. The Labute approximate surface area is 121 Å². The molecule has 1 aliphatic rings. The first-order valence-electron chi connectivity index (χ1n) is 6.62. The zero-order valence-corrected chi connectivity index (χ0v) is 11.5. The van der Waals surface area contributed by atoms with Gasteiger partial charge in [-0.25, -0.2) is 9.78 Å². The van der Waals surface area contributed by atoms with Gasteiger partial charge in [-0.2, -0.15) is 0 Å². The summed E-state index contributed by atoms with van der Waals surface area (Å²) in [6.45, 7) is 0. The molecule has 6 nitrogen and oxygen atoms in total. The number of nitrogens with zero attached hydrogens (tertiary/aromatic N) is 2. The van der Waals surface area contributed by atoms with Crippen molar-refractivity contribution < 1.29 is 14.6 Å². The SMILES string of the molecule is COC(=O)c1cncc(NC2c3ccccc3CC2O)n1. The van der Waals surface area contributed by atoms with Gasteiger partial charge in [-0.05, 0) is 11.1 Å².